The van der Waals surface area contributed by atoms with Gasteiger partial charge in [-0.2, -0.15) is 0 Å². The van der Waals surface area contributed by atoms with Gasteiger partial charge in [0.05, 0.1) is 6.04 Å². The zero-order valence-corrected chi connectivity index (χ0v) is 11.1. The Bertz CT molecular complexity index is 242. The lowest BCUT2D eigenvalue weighted by atomic mass is 10.1. The third-order valence-corrected chi connectivity index (χ3v) is 2.31. The highest BCUT2D eigenvalue weighted by atomic mass is 16.2. The van der Waals surface area contributed by atoms with Gasteiger partial charge in [-0.05, 0) is 20.3 Å². The van der Waals surface area contributed by atoms with Crippen LogP contribution in [0.2, 0.25) is 0 Å². The van der Waals surface area contributed by atoms with E-state index in [1.54, 1.807) is 0 Å². The molecule has 0 aliphatic rings. The van der Waals surface area contributed by atoms with Gasteiger partial charge in [0.15, 0.2) is 0 Å². The van der Waals surface area contributed by atoms with Crippen LogP contribution < -0.4 is 16.4 Å². The second kappa shape index (κ2) is 8.98. The standard InChI is InChI=1S/C12H25N3O2/c1-4-5-6-10(13)12(17)14-8-7-11(16)15-9(2)3/h9-10H,4-8,13H2,1-3H3,(H,14,17)(H,15,16). The van der Waals surface area contributed by atoms with E-state index in [9.17, 15) is 9.59 Å². The maximum absolute atomic E-state index is 11.5. The van der Waals surface area contributed by atoms with E-state index in [0.29, 0.717) is 19.4 Å². The summed E-state index contributed by atoms with van der Waals surface area (Å²) in [5.74, 6) is -0.224. The van der Waals surface area contributed by atoms with Gasteiger partial charge in [-0.25, -0.2) is 0 Å². The molecule has 0 aromatic heterocycles. The fourth-order valence-corrected chi connectivity index (χ4v) is 1.38. The fourth-order valence-electron chi connectivity index (χ4n) is 1.38. The molecule has 0 aliphatic carbocycles. The first kappa shape index (κ1) is 15.9. The van der Waals surface area contributed by atoms with Gasteiger partial charge in [-0.15, -0.1) is 0 Å². The predicted molar refractivity (Wildman–Crippen MR) is 68.4 cm³/mol. The Morgan fingerprint density at radius 3 is 2.47 bits per heavy atom. The number of carbonyl (C=O) groups excluding carboxylic acids is 2. The second-order valence-electron chi connectivity index (χ2n) is 4.51. The number of rotatable bonds is 8. The normalized spacial score (nSPS) is 12.3. The van der Waals surface area contributed by atoms with Crippen molar-refractivity contribution < 1.29 is 9.59 Å². The van der Waals surface area contributed by atoms with E-state index in [1.165, 1.54) is 0 Å². The van der Waals surface area contributed by atoms with Gasteiger partial charge in [-0.3, -0.25) is 9.59 Å². The van der Waals surface area contributed by atoms with Crippen LogP contribution >= 0.6 is 0 Å². The largest absolute Gasteiger partial charge is 0.354 e. The zero-order valence-electron chi connectivity index (χ0n) is 11.1. The molecule has 1 unspecified atom stereocenters. The van der Waals surface area contributed by atoms with Crippen molar-refractivity contribution in [1.82, 2.24) is 10.6 Å². The van der Waals surface area contributed by atoms with Crippen LogP contribution in [0.1, 0.15) is 46.5 Å². The molecule has 0 aromatic rings. The van der Waals surface area contributed by atoms with Crippen molar-refractivity contribution in [1.29, 1.82) is 0 Å². The molecular formula is C12H25N3O2. The summed E-state index contributed by atoms with van der Waals surface area (Å²) in [4.78, 5) is 22.8. The summed E-state index contributed by atoms with van der Waals surface area (Å²) < 4.78 is 0. The molecule has 17 heavy (non-hydrogen) atoms. The molecule has 0 heterocycles. The van der Waals surface area contributed by atoms with Crippen molar-refractivity contribution in [3.8, 4) is 0 Å². The topological polar surface area (TPSA) is 84.2 Å². The molecular weight excluding hydrogens is 218 g/mol. The molecule has 4 N–H and O–H groups in total. The smallest absolute Gasteiger partial charge is 0.236 e. The zero-order chi connectivity index (χ0) is 13.3. The van der Waals surface area contributed by atoms with Crippen LogP contribution in [-0.4, -0.2) is 30.4 Å². The molecule has 0 aromatic carbocycles. The van der Waals surface area contributed by atoms with Gasteiger partial charge in [-0.1, -0.05) is 19.8 Å². The third kappa shape index (κ3) is 8.68. The highest BCUT2D eigenvalue weighted by molar-refractivity contribution is 5.82. The van der Waals surface area contributed by atoms with Gasteiger partial charge in [0.25, 0.3) is 0 Å². The molecule has 0 aliphatic heterocycles. The molecule has 0 radical (unpaired) electrons. The first-order valence-corrected chi connectivity index (χ1v) is 6.30. The Labute approximate surface area is 104 Å². The third-order valence-electron chi connectivity index (χ3n) is 2.31. The summed E-state index contributed by atoms with van der Waals surface area (Å²) >= 11 is 0. The minimum absolute atomic E-state index is 0.0533. The molecule has 0 bridgehead atoms. The SMILES string of the molecule is CCCCC(N)C(=O)NCCC(=O)NC(C)C. The molecule has 5 heteroatoms. The fraction of sp³-hybridized carbons (Fsp3) is 0.833. The number of hydrogen-bond donors (Lipinski definition) is 3. The van der Waals surface area contributed by atoms with Crippen molar-refractivity contribution in [2.45, 2.75) is 58.5 Å². The summed E-state index contributed by atoms with van der Waals surface area (Å²) in [5.41, 5.74) is 5.69. The molecule has 0 fully saturated rings. The Hall–Kier alpha value is -1.10. The number of amides is 2. The highest BCUT2D eigenvalue weighted by Crippen LogP contribution is 1.97. The maximum Gasteiger partial charge on any atom is 0.236 e. The van der Waals surface area contributed by atoms with Crippen LogP contribution in [0.15, 0.2) is 0 Å². The lowest BCUT2D eigenvalue weighted by Crippen LogP contribution is -2.42. The predicted octanol–water partition coefficient (Wildman–Crippen LogP) is 0.535. The van der Waals surface area contributed by atoms with Gasteiger partial charge in [0.1, 0.15) is 0 Å². The molecule has 100 valence electrons. The van der Waals surface area contributed by atoms with Crippen LogP contribution in [0.3, 0.4) is 0 Å². The number of hydrogen-bond acceptors (Lipinski definition) is 3. The quantitative estimate of drug-likeness (QED) is 0.581. The van der Waals surface area contributed by atoms with E-state index in [-0.39, 0.29) is 17.9 Å². The van der Waals surface area contributed by atoms with Crippen molar-refractivity contribution in [2.24, 2.45) is 5.73 Å². The molecule has 2 amide bonds. The highest BCUT2D eigenvalue weighted by Gasteiger charge is 2.12. The lowest BCUT2D eigenvalue weighted by molar-refractivity contribution is -0.123. The van der Waals surface area contributed by atoms with Gasteiger partial charge in [0, 0.05) is 19.0 Å². The summed E-state index contributed by atoms with van der Waals surface area (Å²) in [5, 5.41) is 5.43. The Morgan fingerprint density at radius 2 is 1.94 bits per heavy atom. The summed E-state index contributed by atoms with van der Waals surface area (Å²) in [7, 11) is 0. The monoisotopic (exact) mass is 243 g/mol. The minimum Gasteiger partial charge on any atom is -0.354 e. The molecule has 0 saturated heterocycles. The van der Waals surface area contributed by atoms with Gasteiger partial charge < -0.3 is 16.4 Å². The average molecular weight is 243 g/mol. The van der Waals surface area contributed by atoms with E-state index >= 15 is 0 Å². The first-order valence-electron chi connectivity index (χ1n) is 6.30. The van der Waals surface area contributed by atoms with Crippen LogP contribution in [-0.2, 0) is 9.59 Å². The maximum atomic E-state index is 11.5. The van der Waals surface area contributed by atoms with Crippen molar-refractivity contribution in [3.63, 3.8) is 0 Å². The van der Waals surface area contributed by atoms with E-state index < -0.39 is 6.04 Å². The molecule has 5 nitrogen and oxygen atoms in total. The number of unbranched alkanes of at least 4 members (excludes halogenated alkanes) is 1. The Kier molecular flexibility index (Phi) is 8.40. The van der Waals surface area contributed by atoms with Crippen molar-refractivity contribution in [3.05, 3.63) is 0 Å². The van der Waals surface area contributed by atoms with E-state index in [1.807, 2.05) is 13.8 Å². The van der Waals surface area contributed by atoms with Crippen LogP contribution in [0, 0.1) is 0 Å². The van der Waals surface area contributed by atoms with Gasteiger partial charge >= 0.3 is 0 Å². The second-order valence-corrected chi connectivity index (χ2v) is 4.51. The summed E-state index contributed by atoms with van der Waals surface area (Å²) in [6, 6.07) is -0.326. The number of carbonyl (C=O) groups is 2. The molecule has 1 atom stereocenters. The minimum atomic E-state index is -0.455. The van der Waals surface area contributed by atoms with Crippen LogP contribution in [0.4, 0.5) is 0 Å². The Balaban J connectivity index is 3.66. The molecule has 0 rings (SSSR count). The summed E-state index contributed by atoms with van der Waals surface area (Å²) in [6.45, 7) is 6.20. The first-order chi connectivity index (χ1) is 7.97. The van der Waals surface area contributed by atoms with E-state index in [4.69, 9.17) is 5.73 Å². The van der Waals surface area contributed by atoms with Crippen LogP contribution in [0.25, 0.3) is 0 Å². The summed E-state index contributed by atoms with van der Waals surface area (Å²) in [6.07, 6.45) is 2.96. The van der Waals surface area contributed by atoms with Gasteiger partial charge in [0.2, 0.25) is 11.8 Å². The van der Waals surface area contributed by atoms with E-state index in [2.05, 4.69) is 17.6 Å². The molecule has 0 spiro atoms. The lowest BCUT2D eigenvalue weighted by Gasteiger charge is -2.12. The van der Waals surface area contributed by atoms with Crippen molar-refractivity contribution >= 4 is 11.8 Å². The Morgan fingerprint density at radius 1 is 1.29 bits per heavy atom. The average Bonchev–Trinajstić information content (AvgIpc) is 2.24. The van der Waals surface area contributed by atoms with Crippen LogP contribution in [0.5, 0.6) is 0 Å². The molecule has 0 saturated carbocycles. The number of nitrogens with one attached hydrogen (secondary N) is 2. The van der Waals surface area contributed by atoms with E-state index in [0.717, 1.165) is 12.8 Å². The van der Waals surface area contributed by atoms with Crippen molar-refractivity contribution in [2.75, 3.05) is 6.54 Å². The number of nitrogens with two attached hydrogens (primary N) is 1.